The van der Waals surface area contributed by atoms with Crippen molar-refractivity contribution in [3.05, 3.63) is 71.8 Å². The van der Waals surface area contributed by atoms with E-state index in [4.69, 9.17) is 0 Å². The van der Waals surface area contributed by atoms with E-state index in [1.807, 2.05) is 0 Å². The third-order valence-electron chi connectivity index (χ3n) is 5.01. The molecule has 1 fully saturated rings. The van der Waals surface area contributed by atoms with Gasteiger partial charge in [-0.25, -0.2) is 0 Å². The van der Waals surface area contributed by atoms with Gasteiger partial charge in [0, 0.05) is 25.2 Å². The third kappa shape index (κ3) is 3.54. The summed E-state index contributed by atoms with van der Waals surface area (Å²) in [7, 11) is 2.43. The van der Waals surface area contributed by atoms with Crippen molar-refractivity contribution in [1.82, 2.24) is 0 Å². The van der Waals surface area contributed by atoms with E-state index in [1.54, 1.807) is 0 Å². The van der Waals surface area contributed by atoms with Gasteiger partial charge in [-0.3, -0.25) is 0 Å². The highest BCUT2D eigenvalue weighted by Crippen LogP contribution is 2.30. The van der Waals surface area contributed by atoms with Gasteiger partial charge in [0.05, 0.1) is 26.7 Å². The van der Waals surface area contributed by atoms with E-state index in [0.717, 1.165) is 0 Å². The minimum Gasteiger partial charge on any atom is -0.326 e. The second-order valence-electron chi connectivity index (χ2n) is 6.66. The van der Waals surface area contributed by atoms with E-state index < -0.39 is 0 Å². The molecular weight excluding hydrogens is 254 g/mol. The standard InChI is InChI=1S/C20H26N/c1-21(15-8-9-16-21)17-14-20(18-10-4-2-5-11-18)19-12-6-3-7-13-19/h2-7,10-13,20H,8-9,14-17H2,1H3/q+1. The molecule has 1 heteroatoms. The minimum atomic E-state index is 0.531. The first kappa shape index (κ1) is 14.3. The van der Waals surface area contributed by atoms with Gasteiger partial charge >= 0.3 is 0 Å². The molecule has 2 aromatic carbocycles. The van der Waals surface area contributed by atoms with Crippen molar-refractivity contribution in [2.75, 3.05) is 26.7 Å². The largest absolute Gasteiger partial charge is 0.326 e. The number of quaternary nitrogens is 1. The maximum atomic E-state index is 2.43. The Labute approximate surface area is 128 Å². The fourth-order valence-corrected chi connectivity index (χ4v) is 3.66. The molecule has 21 heavy (non-hydrogen) atoms. The lowest BCUT2D eigenvalue weighted by Gasteiger charge is -2.31. The number of likely N-dealkylation sites (tertiary alicyclic amines) is 1. The fourth-order valence-electron chi connectivity index (χ4n) is 3.66. The Kier molecular flexibility index (Phi) is 4.40. The molecule has 0 aliphatic carbocycles. The van der Waals surface area contributed by atoms with Crippen LogP contribution in [0, 0.1) is 0 Å². The molecule has 1 nitrogen and oxygen atoms in total. The number of hydrogen-bond acceptors (Lipinski definition) is 0. The summed E-state index contributed by atoms with van der Waals surface area (Å²) in [5.41, 5.74) is 2.91. The predicted octanol–water partition coefficient (Wildman–Crippen LogP) is 4.45. The molecule has 110 valence electrons. The van der Waals surface area contributed by atoms with Gasteiger partial charge in [-0.2, -0.15) is 0 Å². The molecular formula is C20H26N+. The normalized spacial score (nSPS) is 17.2. The van der Waals surface area contributed by atoms with Gasteiger partial charge in [0.25, 0.3) is 0 Å². The Bertz CT molecular complexity index is 501. The summed E-state index contributed by atoms with van der Waals surface area (Å²) in [6.45, 7) is 4.00. The summed E-state index contributed by atoms with van der Waals surface area (Å²) < 4.78 is 1.26. The van der Waals surface area contributed by atoms with Crippen LogP contribution in [-0.2, 0) is 0 Å². The van der Waals surface area contributed by atoms with E-state index in [2.05, 4.69) is 67.7 Å². The van der Waals surface area contributed by atoms with Crippen LogP contribution in [0.5, 0.6) is 0 Å². The second kappa shape index (κ2) is 6.44. The molecule has 1 heterocycles. The molecule has 0 atom stereocenters. The predicted molar refractivity (Wildman–Crippen MR) is 89.4 cm³/mol. The van der Waals surface area contributed by atoms with Gasteiger partial charge < -0.3 is 4.48 Å². The van der Waals surface area contributed by atoms with Crippen LogP contribution in [0.2, 0.25) is 0 Å². The fraction of sp³-hybridized carbons (Fsp3) is 0.400. The Morgan fingerprint density at radius 1 is 0.810 bits per heavy atom. The first-order valence-electron chi connectivity index (χ1n) is 8.20. The van der Waals surface area contributed by atoms with Crippen LogP contribution >= 0.6 is 0 Å². The molecule has 0 amide bonds. The Balaban J connectivity index is 1.80. The van der Waals surface area contributed by atoms with Crippen LogP contribution < -0.4 is 0 Å². The van der Waals surface area contributed by atoms with Crippen LogP contribution in [-0.4, -0.2) is 31.2 Å². The average Bonchev–Trinajstić information content (AvgIpc) is 2.97. The highest BCUT2D eigenvalue weighted by Gasteiger charge is 2.28. The van der Waals surface area contributed by atoms with Crippen molar-refractivity contribution < 1.29 is 4.48 Å². The Hall–Kier alpha value is -1.60. The molecule has 1 saturated heterocycles. The molecule has 0 radical (unpaired) electrons. The van der Waals surface area contributed by atoms with Gasteiger partial charge in [0.1, 0.15) is 0 Å². The van der Waals surface area contributed by atoms with E-state index in [9.17, 15) is 0 Å². The summed E-state index contributed by atoms with van der Waals surface area (Å²) in [4.78, 5) is 0. The van der Waals surface area contributed by atoms with Gasteiger partial charge in [0.15, 0.2) is 0 Å². The van der Waals surface area contributed by atoms with Crippen LogP contribution in [0.3, 0.4) is 0 Å². The van der Waals surface area contributed by atoms with E-state index in [0.29, 0.717) is 5.92 Å². The molecule has 0 spiro atoms. The molecule has 0 bridgehead atoms. The lowest BCUT2D eigenvalue weighted by atomic mass is 9.88. The van der Waals surface area contributed by atoms with Crippen LogP contribution in [0.15, 0.2) is 60.7 Å². The first-order chi connectivity index (χ1) is 10.3. The smallest absolute Gasteiger partial charge is 0.0793 e. The van der Waals surface area contributed by atoms with E-state index in [1.165, 1.54) is 54.5 Å². The first-order valence-corrected chi connectivity index (χ1v) is 8.20. The zero-order valence-electron chi connectivity index (χ0n) is 13.0. The van der Waals surface area contributed by atoms with Crippen molar-refractivity contribution in [1.29, 1.82) is 0 Å². The monoisotopic (exact) mass is 280 g/mol. The van der Waals surface area contributed by atoms with Gasteiger partial charge in [-0.05, 0) is 11.1 Å². The molecule has 0 saturated carbocycles. The van der Waals surface area contributed by atoms with Crippen molar-refractivity contribution in [3.63, 3.8) is 0 Å². The molecule has 0 N–H and O–H groups in total. The summed E-state index contributed by atoms with van der Waals surface area (Å²) in [6.07, 6.45) is 4.04. The number of rotatable bonds is 5. The zero-order valence-corrected chi connectivity index (χ0v) is 13.0. The van der Waals surface area contributed by atoms with Crippen molar-refractivity contribution in [2.24, 2.45) is 0 Å². The quantitative estimate of drug-likeness (QED) is 0.710. The topological polar surface area (TPSA) is 0 Å². The highest BCUT2D eigenvalue weighted by atomic mass is 15.3. The maximum Gasteiger partial charge on any atom is 0.0793 e. The van der Waals surface area contributed by atoms with Gasteiger partial charge in [-0.15, -0.1) is 0 Å². The van der Waals surface area contributed by atoms with Crippen LogP contribution in [0.25, 0.3) is 0 Å². The summed E-state index contributed by atoms with van der Waals surface area (Å²) in [5, 5.41) is 0. The van der Waals surface area contributed by atoms with Crippen molar-refractivity contribution >= 4 is 0 Å². The van der Waals surface area contributed by atoms with E-state index >= 15 is 0 Å². The summed E-state index contributed by atoms with van der Waals surface area (Å²) in [6, 6.07) is 22.0. The molecule has 1 aliphatic rings. The van der Waals surface area contributed by atoms with Crippen molar-refractivity contribution in [3.8, 4) is 0 Å². The van der Waals surface area contributed by atoms with E-state index in [-0.39, 0.29) is 0 Å². The summed E-state index contributed by atoms with van der Waals surface area (Å²) in [5.74, 6) is 0.531. The average molecular weight is 280 g/mol. The summed E-state index contributed by atoms with van der Waals surface area (Å²) >= 11 is 0. The maximum absolute atomic E-state index is 2.43. The molecule has 3 rings (SSSR count). The number of hydrogen-bond donors (Lipinski definition) is 0. The lowest BCUT2D eigenvalue weighted by molar-refractivity contribution is -0.897. The minimum absolute atomic E-state index is 0.531. The van der Waals surface area contributed by atoms with Gasteiger partial charge in [0.2, 0.25) is 0 Å². The van der Waals surface area contributed by atoms with Crippen LogP contribution in [0.1, 0.15) is 36.3 Å². The zero-order chi connectivity index (χ0) is 14.5. The molecule has 0 aromatic heterocycles. The third-order valence-corrected chi connectivity index (χ3v) is 5.01. The highest BCUT2D eigenvalue weighted by molar-refractivity contribution is 5.32. The Morgan fingerprint density at radius 2 is 1.29 bits per heavy atom. The van der Waals surface area contributed by atoms with Crippen molar-refractivity contribution in [2.45, 2.75) is 25.2 Å². The molecule has 1 aliphatic heterocycles. The molecule has 2 aromatic rings. The number of benzene rings is 2. The number of nitrogens with zero attached hydrogens (tertiary/aromatic N) is 1. The molecule has 0 unspecified atom stereocenters. The van der Waals surface area contributed by atoms with Gasteiger partial charge in [-0.1, -0.05) is 60.7 Å². The SMILES string of the molecule is C[N+]1(CCC(c2ccccc2)c2ccccc2)CCCC1. The van der Waals surface area contributed by atoms with Crippen LogP contribution in [0.4, 0.5) is 0 Å². The lowest BCUT2D eigenvalue weighted by Crippen LogP contribution is -2.42. The Morgan fingerprint density at radius 3 is 1.76 bits per heavy atom. The second-order valence-corrected chi connectivity index (χ2v) is 6.66.